The molecule has 2 rings (SSSR count). The Morgan fingerprint density at radius 2 is 2.00 bits per heavy atom. The van der Waals surface area contributed by atoms with Crippen LogP contribution in [0.5, 0.6) is 11.5 Å². The molecule has 110 valence electrons. The Hall–Kier alpha value is -2.76. The van der Waals surface area contributed by atoms with Crippen LogP contribution >= 0.6 is 0 Å². The van der Waals surface area contributed by atoms with Crippen LogP contribution in [-0.4, -0.2) is 18.2 Å². The number of methoxy groups -OCH3 is 1. The molecular formula is C15H15FN2O3. The van der Waals surface area contributed by atoms with Crippen molar-refractivity contribution in [3.05, 3.63) is 59.4 Å². The fourth-order valence-electron chi connectivity index (χ4n) is 1.81. The first kappa shape index (κ1) is 14.6. The van der Waals surface area contributed by atoms with Gasteiger partial charge in [-0.15, -0.1) is 0 Å². The highest BCUT2D eigenvalue weighted by Gasteiger charge is 2.09. The Bertz CT molecular complexity index is 659. The van der Waals surface area contributed by atoms with Gasteiger partial charge in [-0.3, -0.25) is 0 Å². The maximum absolute atomic E-state index is 13.9. The van der Waals surface area contributed by atoms with Gasteiger partial charge in [0.05, 0.1) is 7.11 Å². The molecule has 3 N–H and O–H groups in total. The van der Waals surface area contributed by atoms with E-state index in [9.17, 15) is 4.39 Å². The molecule has 0 radical (unpaired) electrons. The van der Waals surface area contributed by atoms with Crippen LogP contribution in [0, 0.1) is 5.82 Å². The molecule has 0 aliphatic rings. The van der Waals surface area contributed by atoms with Crippen LogP contribution in [-0.2, 0) is 6.61 Å². The van der Waals surface area contributed by atoms with E-state index in [0.717, 1.165) is 11.6 Å². The number of oxime groups is 1. The summed E-state index contributed by atoms with van der Waals surface area (Å²) in [6.45, 7) is 0.170. The largest absolute Gasteiger partial charge is 0.496 e. The van der Waals surface area contributed by atoms with Crippen molar-refractivity contribution in [2.45, 2.75) is 6.61 Å². The highest BCUT2D eigenvalue weighted by Crippen LogP contribution is 2.23. The van der Waals surface area contributed by atoms with E-state index < -0.39 is 5.82 Å². The van der Waals surface area contributed by atoms with Crippen molar-refractivity contribution < 1.29 is 19.1 Å². The van der Waals surface area contributed by atoms with Crippen molar-refractivity contribution in [2.75, 3.05) is 7.11 Å². The van der Waals surface area contributed by atoms with E-state index in [0.29, 0.717) is 5.75 Å². The van der Waals surface area contributed by atoms with Gasteiger partial charge in [-0.05, 0) is 24.3 Å². The highest BCUT2D eigenvalue weighted by molar-refractivity contribution is 5.97. The molecule has 0 aliphatic carbocycles. The molecule has 0 fully saturated rings. The Morgan fingerprint density at radius 1 is 1.24 bits per heavy atom. The van der Waals surface area contributed by atoms with Crippen LogP contribution in [0.1, 0.15) is 11.1 Å². The Morgan fingerprint density at radius 3 is 2.67 bits per heavy atom. The van der Waals surface area contributed by atoms with Crippen molar-refractivity contribution in [2.24, 2.45) is 10.9 Å². The third-order valence-electron chi connectivity index (χ3n) is 2.91. The molecule has 6 heteroatoms. The molecule has 2 aromatic carbocycles. The van der Waals surface area contributed by atoms with Crippen molar-refractivity contribution in [1.82, 2.24) is 0 Å². The second kappa shape index (κ2) is 6.60. The van der Waals surface area contributed by atoms with Gasteiger partial charge in [-0.1, -0.05) is 23.4 Å². The molecule has 0 heterocycles. The summed E-state index contributed by atoms with van der Waals surface area (Å²) in [7, 11) is 1.56. The lowest BCUT2D eigenvalue weighted by atomic mass is 10.2. The summed E-state index contributed by atoms with van der Waals surface area (Å²) in [5.41, 5.74) is 6.48. The molecule has 0 aliphatic heterocycles. The topological polar surface area (TPSA) is 77.1 Å². The number of amidine groups is 1. The number of ether oxygens (including phenoxy) is 2. The fourth-order valence-corrected chi connectivity index (χ4v) is 1.81. The highest BCUT2D eigenvalue weighted by atomic mass is 19.1. The molecule has 0 aromatic heterocycles. The van der Waals surface area contributed by atoms with E-state index >= 15 is 0 Å². The van der Waals surface area contributed by atoms with E-state index in [2.05, 4.69) is 5.16 Å². The Balaban J connectivity index is 2.14. The molecule has 0 atom stereocenters. The first-order chi connectivity index (χ1) is 10.2. The van der Waals surface area contributed by atoms with Crippen molar-refractivity contribution >= 4 is 5.84 Å². The summed E-state index contributed by atoms with van der Waals surface area (Å²) < 4.78 is 24.5. The Labute approximate surface area is 121 Å². The van der Waals surface area contributed by atoms with Crippen molar-refractivity contribution in [1.29, 1.82) is 0 Å². The molecule has 2 aromatic rings. The van der Waals surface area contributed by atoms with E-state index in [1.165, 1.54) is 12.1 Å². The van der Waals surface area contributed by atoms with Crippen molar-refractivity contribution in [3.63, 3.8) is 0 Å². The second-order valence-corrected chi connectivity index (χ2v) is 4.23. The number of nitrogens with zero attached hydrogens (tertiary/aromatic N) is 1. The molecule has 0 saturated carbocycles. The van der Waals surface area contributed by atoms with E-state index in [1.807, 2.05) is 18.2 Å². The van der Waals surface area contributed by atoms with Gasteiger partial charge in [0, 0.05) is 11.1 Å². The second-order valence-electron chi connectivity index (χ2n) is 4.23. The average molecular weight is 290 g/mol. The van der Waals surface area contributed by atoms with E-state index in [-0.39, 0.29) is 23.8 Å². The summed E-state index contributed by atoms with van der Waals surface area (Å²) in [5.74, 6) is 0.000703. The minimum absolute atomic E-state index is 0.0791. The molecule has 21 heavy (non-hydrogen) atoms. The average Bonchev–Trinajstić information content (AvgIpc) is 2.53. The molecule has 0 saturated heterocycles. The summed E-state index contributed by atoms with van der Waals surface area (Å²) in [5, 5.41) is 11.4. The predicted molar refractivity (Wildman–Crippen MR) is 76.2 cm³/mol. The molecule has 0 unspecified atom stereocenters. The van der Waals surface area contributed by atoms with Crippen molar-refractivity contribution in [3.8, 4) is 11.5 Å². The standard InChI is InChI=1S/C15H15FN2O3/c1-20-13-5-3-2-4-11(13)9-21-14-7-6-10(8-12(14)16)15(17)18-19/h2-8,19H,9H2,1H3,(H2,17,18). The van der Waals surface area contributed by atoms with Crippen LogP contribution in [0.2, 0.25) is 0 Å². The van der Waals surface area contributed by atoms with Gasteiger partial charge in [0.25, 0.3) is 0 Å². The molecule has 0 bridgehead atoms. The van der Waals surface area contributed by atoms with Crippen LogP contribution in [0.15, 0.2) is 47.6 Å². The molecule has 0 amide bonds. The van der Waals surface area contributed by atoms with Crippen LogP contribution in [0.25, 0.3) is 0 Å². The molecular weight excluding hydrogens is 275 g/mol. The first-order valence-electron chi connectivity index (χ1n) is 6.18. The minimum atomic E-state index is -0.589. The number of nitrogens with two attached hydrogens (primary N) is 1. The maximum Gasteiger partial charge on any atom is 0.170 e. The van der Waals surface area contributed by atoms with Gasteiger partial charge in [0.15, 0.2) is 17.4 Å². The lowest BCUT2D eigenvalue weighted by Crippen LogP contribution is -2.13. The van der Waals surface area contributed by atoms with Gasteiger partial charge in [0.2, 0.25) is 0 Å². The van der Waals surface area contributed by atoms with Gasteiger partial charge in [0.1, 0.15) is 12.4 Å². The van der Waals surface area contributed by atoms with Gasteiger partial charge < -0.3 is 20.4 Å². The number of para-hydroxylation sites is 1. The lowest BCUT2D eigenvalue weighted by molar-refractivity contribution is 0.282. The number of benzene rings is 2. The monoisotopic (exact) mass is 290 g/mol. The minimum Gasteiger partial charge on any atom is -0.496 e. The Kier molecular flexibility index (Phi) is 4.61. The number of rotatable bonds is 5. The smallest absolute Gasteiger partial charge is 0.170 e. The third-order valence-corrected chi connectivity index (χ3v) is 2.91. The van der Waals surface area contributed by atoms with E-state index in [4.69, 9.17) is 20.4 Å². The first-order valence-corrected chi connectivity index (χ1v) is 6.18. The summed E-state index contributed by atoms with van der Waals surface area (Å²) >= 11 is 0. The van der Waals surface area contributed by atoms with Gasteiger partial charge >= 0.3 is 0 Å². The van der Waals surface area contributed by atoms with Crippen LogP contribution < -0.4 is 15.2 Å². The quantitative estimate of drug-likeness (QED) is 0.384. The SMILES string of the molecule is COc1ccccc1COc1ccc(/C(N)=N/O)cc1F. The zero-order chi connectivity index (χ0) is 15.2. The summed E-state index contributed by atoms with van der Waals surface area (Å²) in [6, 6.07) is 11.4. The zero-order valence-electron chi connectivity index (χ0n) is 11.4. The summed E-state index contributed by atoms with van der Waals surface area (Å²) in [6.07, 6.45) is 0. The molecule has 5 nitrogen and oxygen atoms in total. The van der Waals surface area contributed by atoms with Gasteiger partial charge in [-0.2, -0.15) is 0 Å². The van der Waals surface area contributed by atoms with Crippen LogP contribution in [0.4, 0.5) is 4.39 Å². The van der Waals surface area contributed by atoms with Crippen LogP contribution in [0.3, 0.4) is 0 Å². The number of hydrogen-bond donors (Lipinski definition) is 2. The predicted octanol–water partition coefficient (Wildman–Crippen LogP) is 2.51. The molecule has 0 spiro atoms. The number of hydrogen-bond acceptors (Lipinski definition) is 4. The fraction of sp³-hybridized carbons (Fsp3) is 0.133. The zero-order valence-corrected chi connectivity index (χ0v) is 11.4. The third kappa shape index (κ3) is 3.42. The maximum atomic E-state index is 13.9. The normalized spacial score (nSPS) is 11.2. The van der Waals surface area contributed by atoms with E-state index in [1.54, 1.807) is 13.2 Å². The summed E-state index contributed by atoms with van der Waals surface area (Å²) in [4.78, 5) is 0. The lowest BCUT2D eigenvalue weighted by Gasteiger charge is -2.11. The number of halogens is 1. The van der Waals surface area contributed by atoms with Gasteiger partial charge in [-0.25, -0.2) is 4.39 Å².